The number of carbonyl (C=O) groups is 3. The second-order valence-corrected chi connectivity index (χ2v) is 8.96. The van der Waals surface area contributed by atoms with Crippen LogP contribution in [-0.4, -0.2) is 30.1 Å². The first kappa shape index (κ1) is 27.7. The number of carbonyl (C=O) groups excluding carboxylic acids is 3. The molecule has 0 aliphatic rings. The van der Waals surface area contributed by atoms with E-state index in [0.29, 0.717) is 23.6 Å². The first-order valence-electron chi connectivity index (χ1n) is 11.3. The van der Waals surface area contributed by atoms with Crippen LogP contribution in [-0.2, 0) is 14.3 Å². The fraction of sp³-hybridized carbons (Fsp3) is 0.107. The molecule has 0 saturated heterocycles. The molecule has 6 nitrogen and oxygen atoms in total. The third kappa shape index (κ3) is 8.63. The van der Waals surface area contributed by atoms with Gasteiger partial charge in [0.05, 0.1) is 11.6 Å². The number of benzene rings is 3. The number of rotatable bonds is 10. The molecule has 0 radical (unpaired) electrons. The minimum atomic E-state index is -0.652. The van der Waals surface area contributed by atoms with E-state index < -0.39 is 17.6 Å². The Labute approximate surface area is 223 Å². The van der Waals surface area contributed by atoms with E-state index in [-0.39, 0.29) is 22.3 Å². The largest absolute Gasteiger partial charge is 0.463 e. The van der Waals surface area contributed by atoms with Gasteiger partial charge < -0.3 is 15.4 Å². The summed E-state index contributed by atoms with van der Waals surface area (Å²) < 4.78 is 19.2. The Balaban J connectivity index is 1.74. The Kier molecular flexibility index (Phi) is 10.5. The maximum Gasteiger partial charge on any atom is 0.330 e. The van der Waals surface area contributed by atoms with Crippen LogP contribution in [0.3, 0.4) is 0 Å². The molecule has 0 aliphatic heterocycles. The second kappa shape index (κ2) is 14.0. The lowest BCUT2D eigenvalue weighted by atomic mass is 10.1. The molecule has 0 heterocycles. The molecule has 0 aliphatic carbocycles. The van der Waals surface area contributed by atoms with Gasteiger partial charge in [0.15, 0.2) is 0 Å². The summed E-state index contributed by atoms with van der Waals surface area (Å²) in [5.41, 5.74) is 0.601. The lowest BCUT2D eigenvalue weighted by molar-refractivity contribution is -0.137. The van der Waals surface area contributed by atoms with Crippen LogP contribution in [0.25, 0.3) is 6.08 Å². The minimum absolute atomic E-state index is 0.0229. The van der Waals surface area contributed by atoms with Crippen LogP contribution in [0, 0.1) is 5.82 Å². The molecule has 9 heteroatoms. The number of esters is 1. The van der Waals surface area contributed by atoms with Crippen molar-refractivity contribution < 1.29 is 23.5 Å². The maximum atomic E-state index is 14.4. The summed E-state index contributed by atoms with van der Waals surface area (Å²) in [7, 11) is 0. The lowest BCUT2D eigenvalue weighted by Gasteiger charge is -2.12. The molecule has 0 fully saturated rings. The van der Waals surface area contributed by atoms with Gasteiger partial charge in [-0.15, -0.1) is 11.8 Å². The average Bonchev–Trinajstić information content (AvgIpc) is 2.89. The van der Waals surface area contributed by atoms with Crippen molar-refractivity contribution in [2.24, 2.45) is 0 Å². The van der Waals surface area contributed by atoms with Gasteiger partial charge in [-0.1, -0.05) is 41.9 Å². The Morgan fingerprint density at radius 2 is 1.73 bits per heavy atom. The van der Waals surface area contributed by atoms with Crippen molar-refractivity contribution in [3.05, 3.63) is 113 Å². The highest BCUT2D eigenvalue weighted by molar-refractivity contribution is 7.99. The van der Waals surface area contributed by atoms with Crippen LogP contribution < -0.4 is 10.6 Å². The molecule has 3 rings (SSSR count). The van der Waals surface area contributed by atoms with Gasteiger partial charge in [-0.2, -0.15) is 0 Å². The number of halogens is 2. The molecular weight excluding hydrogens is 515 g/mol. The molecule has 37 heavy (non-hydrogen) atoms. The molecule has 3 aromatic rings. The average molecular weight is 539 g/mol. The van der Waals surface area contributed by atoms with E-state index >= 15 is 0 Å². The van der Waals surface area contributed by atoms with E-state index in [2.05, 4.69) is 10.6 Å². The van der Waals surface area contributed by atoms with Gasteiger partial charge in [-0.25, -0.2) is 9.18 Å². The summed E-state index contributed by atoms with van der Waals surface area (Å²) in [6, 6.07) is 19.5. The van der Waals surface area contributed by atoms with Gasteiger partial charge in [0.2, 0.25) is 0 Å². The number of hydrogen-bond donors (Lipinski definition) is 2. The Morgan fingerprint density at radius 1 is 1.00 bits per heavy atom. The monoisotopic (exact) mass is 538 g/mol. The molecule has 190 valence electrons. The third-order valence-corrected chi connectivity index (χ3v) is 6.11. The molecule has 0 unspecified atom stereocenters. The quantitative estimate of drug-likeness (QED) is 0.185. The molecule has 3 aromatic carbocycles. The number of amides is 2. The summed E-state index contributed by atoms with van der Waals surface area (Å²) >= 11 is 7.63. The van der Waals surface area contributed by atoms with Crippen LogP contribution in [0.5, 0.6) is 0 Å². The lowest BCUT2D eigenvalue weighted by Crippen LogP contribution is -2.30. The molecule has 2 amide bonds. The summed E-state index contributed by atoms with van der Waals surface area (Å²) in [5, 5.41) is 5.36. The molecule has 2 N–H and O–H groups in total. The Morgan fingerprint density at radius 3 is 2.41 bits per heavy atom. The normalized spacial score (nSPS) is 11.3. The van der Waals surface area contributed by atoms with Gasteiger partial charge in [0.1, 0.15) is 11.5 Å². The van der Waals surface area contributed by atoms with E-state index in [0.717, 1.165) is 4.90 Å². The van der Waals surface area contributed by atoms with Crippen LogP contribution >= 0.6 is 23.4 Å². The number of anilines is 1. The van der Waals surface area contributed by atoms with Crippen LogP contribution in [0.1, 0.15) is 22.8 Å². The zero-order chi connectivity index (χ0) is 26.6. The zero-order valence-electron chi connectivity index (χ0n) is 19.9. The van der Waals surface area contributed by atoms with Crippen molar-refractivity contribution in [1.82, 2.24) is 5.32 Å². The maximum absolute atomic E-state index is 14.4. The number of ether oxygens (including phenoxy) is 1. The first-order chi connectivity index (χ1) is 17.9. The Bertz CT molecular complexity index is 1290. The number of thioether (sulfide) groups is 1. The summed E-state index contributed by atoms with van der Waals surface area (Å²) in [5.74, 6) is -1.64. The SMILES string of the molecule is CCOC(=O)/C=C/CSc1ccc(NC(=O)/C(=C/c2c(F)cccc2Cl)NC(=O)c2ccccc2)cc1. The zero-order valence-corrected chi connectivity index (χ0v) is 21.4. The number of hydrogen-bond acceptors (Lipinski definition) is 5. The summed E-state index contributed by atoms with van der Waals surface area (Å²) in [4.78, 5) is 38.1. The van der Waals surface area contributed by atoms with Crippen molar-refractivity contribution in [2.45, 2.75) is 11.8 Å². The molecule has 0 bridgehead atoms. The highest BCUT2D eigenvalue weighted by Gasteiger charge is 2.17. The standard InChI is InChI=1S/C28H24ClFN2O4S/c1-2-36-26(33)12-7-17-37-21-15-13-20(14-16-21)31-28(35)25(18-22-23(29)10-6-11-24(22)30)32-27(34)19-8-4-3-5-9-19/h3-16,18H,2,17H2,1H3,(H,31,35)(H,32,34)/b12-7+,25-18-. The fourth-order valence-corrected chi connectivity index (χ4v) is 3.98. The van der Waals surface area contributed by atoms with E-state index in [1.165, 1.54) is 42.1 Å². The van der Waals surface area contributed by atoms with Crippen molar-refractivity contribution >= 4 is 52.9 Å². The van der Waals surface area contributed by atoms with Gasteiger partial charge in [-0.05, 0) is 61.5 Å². The molecule has 0 atom stereocenters. The van der Waals surface area contributed by atoms with Crippen molar-refractivity contribution in [3.8, 4) is 0 Å². The number of nitrogens with one attached hydrogen (secondary N) is 2. The third-order valence-electron chi connectivity index (χ3n) is 4.82. The van der Waals surface area contributed by atoms with Crippen LogP contribution in [0.15, 0.2) is 95.5 Å². The topological polar surface area (TPSA) is 84.5 Å². The van der Waals surface area contributed by atoms with Gasteiger partial charge in [0.25, 0.3) is 11.8 Å². The van der Waals surface area contributed by atoms with Gasteiger partial charge >= 0.3 is 5.97 Å². The van der Waals surface area contributed by atoms with E-state index in [4.69, 9.17) is 16.3 Å². The molecular formula is C28H24ClFN2O4S. The predicted octanol–water partition coefficient (Wildman–Crippen LogP) is 6.10. The molecule has 0 spiro atoms. The smallest absolute Gasteiger partial charge is 0.330 e. The van der Waals surface area contributed by atoms with Crippen molar-refractivity contribution in [2.75, 3.05) is 17.7 Å². The Hall–Kier alpha value is -3.88. The second-order valence-electron chi connectivity index (χ2n) is 7.46. The van der Waals surface area contributed by atoms with Gasteiger partial charge in [0, 0.05) is 33.5 Å². The van der Waals surface area contributed by atoms with Gasteiger partial charge in [-0.3, -0.25) is 9.59 Å². The van der Waals surface area contributed by atoms with E-state index in [9.17, 15) is 18.8 Å². The fourth-order valence-electron chi connectivity index (χ4n) is 3.05. The first-order valence-corrected chi connectivity index (χ1v) is 12.6. The molecule has 0 saturated carbocycles. The van der Waals surface area contributed by atoms with Crippen LogP contribution in [0.2, 0.25) is 5.02 Å². The van der Waals surface area contributed by atoms with E-state index in [1.54, 1.807) is 67.6 Å². The molecule has 0 aromatic heterocycles. The van der Waals surface area contributed by atoms with Crippen LogP contribution in [0.4, 0.5) is 10.1 Å². The summed E-state index contributed by atoms with van der Waals surface area (Å²) in [6.07, 6.45) is 4.29. The minimum Gasteiger partial charge on any atom is -0.463 e. The van der Waals surface area contributed by atoms with Crippen molar-refractivity contribution in [3.63, 3.8) is 0 Å². The predicted molar refractivity (Wildman–Crippen MR) is 145 cm³/mol. The summed E-state index contributed by atoms with van der Waals surface area (Å²) in [6.45, 7) is 2.07. The highest BCUT2D eigenvalue weighted by atomic mass is 35.5. The van der Waals surface area contributed by atoms with Crippen molar-refractivity contribution in [1.29, 1.82) is 0 Å². The highest BCUT2D eigenvalue weighted by Crippen LogP contribution is 2.23. The van der Waals surface area contributed by atoms with E-state index in [1.807, 2.05) is 0 Å².